The predicted molar refractivity (Wildman–Crippen MR) is 80.2 cm³/mol. The van der Waals surface area contributed by atoms with E-state index < -0.39 is 0 Å². The Morgan fingerprint density at radius 3 is 2.67 bits per heavy atom. The van der Waals surface area contributed by atoms with Crippen molar-refractivity contribution < 1.29 is 19.1 Å². The molecule has 0 saturated heterocycles. The molecule has 0 aliphatic carbocycles. The first-order valence-electron chi connectivity index (χ1n) is 7.12. The molecular formula is C16H23NO4. The second-order valence-electron chi connectivity index (χ2n) is 4.77. The van der Waals surface area contributed by atoms with Crippen LogP contribution in [0.15, 0.2) is 24.3 Å². The molecule has 0 atom stereocenters. The molecule has 0 aliphatic heterocycles. The van der Waals surface area contributed by atoms with Gasteiger partial charge in [-0.1, -0.05) is 18.6 Å². The molecule has 5 nitrogen and oxygen atoms in total. The number of hydrogen-bond acceptors (Lipinski definition) is 4. The van der Waals surface area contributed by atoms with Crippen molar-refractivity contribution in [3.05, 3.63) is 29.8 Å². The normalized spacial score (nSPS) is 10.0. The van der Waals surface area contributed by atoms with Crippen LogP contribution in [0.2, 0.25) is 0 Å². The van der Waals surface area contributed by atoms with Crippen LogP contribution in [-0.4, -0.2) is 32.6 Å². The summed E-state index contributed by atoms with van der Waals surface area (Å²) in [5.74, 6) is 0.566. The van der Waals surface area contributed by atoms with Crippen molar-refractivity contribution in [1.29, 1.82) is 0 Å². The number of carbonyl (C=O) groups excluding carboxylic acids is 2. The molecule has 0 saturated carbocycles. The van der Waals surface area contributed by atoms with Gasteiger partial charge in [0.05, 0.1) is 20.6 Å². The number of esters is 1. The number of methoxy groups -OCH3 is 2. The van der Waals surface area contributed by atoms with Gasteiger partial charge in [0.1, 0.15) is 5.75 Å². The van der Waals surface area contributed by atoms with Crippen LogP contribution in [0.25, 0.3) is 0 Å². The number of nitrogens with one attached hydrogen (secondary N) is 1. The third-order valence-electron chi connectivity index (χ3n) is 3.11. The lowest BCUT2D eigenvalue weighted by Gasteiger charge is -2.06. The average molecular weight is 293 g/mol. The van der Waals surface area contributed by atoms with Gasteiger partial charge in [-0.05, 0) is 30.5 Å². The van der Waals surface area contributed by atoms with Crippen molar-refractivity contribution >= 4 is 11.9 Å². The summed E-state index contributed by atoms with van der Waals surface area (Å²) < 4.78 is 9.68. The number of unbranched alkanes of at least 4 members (excludes halogenated alkanes) is 2. The number of amides is 1. The van der Waals surface area contributed by atoms with E-state index in [1.54, 1.807) is 7.11 Å². The van der Waals surface area contributed by atoms with Crippen molar-refractivity contribution in [2.24, 2.45) is 0 Å². The van der Waals surface area contributed by atoms with Crippen LogP contribution in [0, 0.1) is 0 Å². The van der Waals surface area contributed by atoms with E-state index in [1.165, 1.54) is 7.11 Å². The first-order chi connectivity index (χ1) is 10.2. The maximum absolute atomic E-state index is 11.8. The fourth-order valence-electron chi connectivity index (χ4n) is 1.93. The van der Waals surface area contributed by atoms with Gasteiger partial charge in [0.25, 0.3) is 0 Å². The average Bonchev–Trinajstić information content (AvgIpc) is 2.50. The second-order valence-corrected chi connectivity index (χ2v) is 4.77. The van der Waals surface area contributed by atoms with Crippen molar-refractivity contribution in [1.82, 2.24) is 5.32 Å². The summed E-state index contributed by atoms with van der Waals surface area (Å²) in [5.41, 5.74) is 0.928. The molecule has 1 aromatic carbocycles. The van der Waals surface area contributed by atoms with E-state index >= 15 is 0 Å². The molecule has 0 radical (unpaired) electrons. The van der Waals surface area contributed by atoms with Crippen LogP contribution in [-0.2, 0) is 20.7 Å². The van der Waals surface area contributed by atoms with Gasteiger partial charge in [-0.15, -0.1) is 0 Å². The van der Waals surface area contributed by atoms with E-state index in [1.807, 2.05) is 24.3 Å². The highest BCUT2D eigenvalue weighted by Gasteiger charge is 2.04. The Morgan fingerprint density at radius 2 is 1.95 bits per heavy atom. The molecule has 1 amide bonds. The van der Waals surface area contributed by atoms with Gasteiger partial charge in [0.2, 0.25) is 5.91 Å². The molecule has 0 heterocycles. The number of rotatable bonds is 9. The lowest BCUT2D eigenvalue weighted by molar-refractivity contribution is -0.140. The Balaban J connectivity index is 2.15. The lowest BCUT2D eigenvalue weighted by Crippen LogP contribution is -2.26. The van der Waals surface area contributed by atoms with Crippen LogP contribution in [0.1, 0.15) is 31.2 Å². The fraction of sp³-hybridized carbons (Fsp3) is 0.500. The summed E-state index contributed by atoms with van der Waals surface area (Å²) in [5, 5.41) is 2.87. The summed E-state index contributed by atoms with van der Waals surface area (Å²) in [6.07, 6.45) is 3.33. The van der Waals surface area contributed by atoms with Gasteiger partial charge >= 0.3 is 5.97 Å². The van der Waals surface area contributed by atoms with Gasteiger partial charge in [0.15, 0.2) is 0 Å². The molecule has 1 aromatic rings. The Morgan fingerprint density at radius 1 is 1.14 bits per heavy atom. The highest BCUT2D eigenvalue weighted by molar-refractivity contribution is 5.78. The summed E-state index contributed by atoms with van der Waals surface area (Å²) in [6.45, 7) is 0.629. The molecule has 116 valence electrons. The summed E-state index contributed by atoms with van der Waals surface area (Å²) in [6, 6.07) is 7.48. The molecule has 5 heteroatoms. The van der Waals surface area contributed by atoms with E-state index in [0.717, 1.165) is 30.6 Å². The lowest BCUT2D eigenvalue weighted by atomic mass is 10.1. The topological polar surface area (TPSA) is 64.6 Å². The zero-order chi connectivity index (χ0) is 15.5. The molecule has 0 fully saturated rings. The second kappa shape index (κ2) is 9.80. The highest BCUT2D eigenvalue weighted by atomic mass is 16.5. The highest BCUT2D eigenvalue weighted by Crippen LogP contribution is 2.12. The zero-order valence-electron chi connectivity index (χ0n) is 12.7. The molecule has 0 spiro atoms. The molecule has 1 rings (SSSR count). The zero-order valence-corrected chi connectivity index (χ0v) is 12.7. The third-order valence-corrected chi connectivity index (χ3v) is 3.11. The molecule has 0 unspecified atom stereocenters. The van der Waals surface area contributed by atoms with Crippen molar-refractivity contribution in [3.8, 4) is 5.75 Å². The first kappa shape index (κ1) is 17.0. The predicted octanol–water partition coefficient (Wildman–Crippen LogP) is 2.09. The van der Waals surface area contributed by atoms with Gasteiger partial charge in [-0.2, -0.15) is 0 Å². The van der Waals surface area contributed by atoms with Crippen LogP contribution >= 0.6 is 0 Å². The van der Waals surface area contributed by atoms with Crippen LogP contribution in [0.4, 0.5) is 0 Å². The Bertz CT molecular complexity index is 459. The Hall–Kier alpha value is -2.04. The van der Waals surface area contributed by atoms with E-state index in [-0.39, 0.29) is 11.9 Å². The fourth-order valence-corrected chi connectivity index (χ4v) is 1.93. The number of hydrogen-bond donors (Lipinski definition) is 1. The third kappa shape index (κ3) is 7.34. The van der Waals surface area contributed by atoms with Crippen molar-refractivity contribution in [3.63, 3.8) is 0 Å². The van der Waals surface area contributed by atoms with Gasteiger partial charge in [-0.25, -0.2) is 0 Å². The number of carbonyl (C=O) groups is 2. The SMILES string of the molecule is COC(=O)CCCCCNC(=O)Cc1cccc(OC)c1. The molecular weight excluding hydrogens is 270 g/mol. The largest absolute Gasteiger partial charge is 0.497 e. The number of ether oxygens (including phenoxy) is 2. The van der Waals surface area contributed by atoms with E-state index in [4.69, 9.17) is 4.74 Å². The van der Waals surface area contributed by atoms with Gasteiger partial charge in [0, 0.05) is 13.0 Å². The molecule has 1 N–H and O–H groups in total. The van der Waals surface area contributed by atoms with Gasteiger partial charge < -0.3 is 14.8 Å². The van der Waals surface area contributed by atoms with Crippen LogP contribution < -0.4 is 10.1 Å². The van der Waals surface area contributed by atoms with Gasteiger partial charge in [-0.3, -0.25) is 9.59 Å². The first-order valence-corrected chi connectivity index (χ1v) is 7.12. The monoisotopic (exact) mass is 293 g/mol. The van der Waals surface area contributed by atoms with E-state index in [0.29, 0.717) is 19.4 Å². The Kier molecular flexibility index (Phi) is 7.94. The van der Waals surface area contributed by atoms with Crippen molar-refractivity contribution in [2.75, 3.05) is 20.8 Å². The maximum atomic E-state index is 11.8. The van der Waals surface area contributed by atoms with Crippen LogP contribution in [0.3, 0.4) is 0 Å². The minimum absolute atomic E-state index is 0.00350. The molecule has 21 heavy (non-hydrogen) atoms. The maximum Gasteiger partial charge on any atom is 0.305 e. The van der Waals surface area contributed by atoms with E-state index in [2.05, 4.69) is 10.1 Å². The summed E-state index contributed by atoms with van der Waals surface area (Å²) >= 11 is 0. The minimum Gasteiger partial charge on any atom is -0.497 e. The van der Waals surface area contributed by atoms with E-state index in [9.17, 15) is 9.59 Å². The molecule has 0 bridgehead atoms. The van der Waals surface area contributed by atoms with Crippen molar-refractivity contribution in [2.45, 2.75) is 32.1 Å². The molecule has 0 aromatic heterocycles. The molecule has 0 aliphatic rings. The quantitative estimate of drug-likeness (QED) is 0.559. The summed E-state index contributed by atoms with van der Waals surface area (Å²) in [4.78, 5) is 22.7. The standard InChI is InChI=1S/C16H23NO4/c1-20-14-8-6-7-13(11-14)12-15(18)17-10-5-3-4-9-16(19)21-2/h6-8,11H,3-5,9-10,12H2,1-2H3,(H,17,18). The smallest absolute Gasteiger partial charge is 0.305 e. The minimum atomic E-state index is -0.183. The number of benzene rings is 1. The van der Waals surface area contributed by atoms with Crippen LogP contribution in [0.5, 0.6) is 5.75 Å². The summed E-state index contributed by atoms with van der Waals surface area (Å²) in [7, 11) is 2.99. The Labute approximate surface area is 125 Å².